The lowest BCUT2D eigenvalue weighted by Gasteiger charge is -2.26. The summed E-state index contributed by atoms with van der Waals surface area (Å²) in [6.07, 6.45) is -3.58. The molecule has 3 rings (SSSR count). The van der Waals surface area contributed by atoms with Crippen LogP contribution in [0.3, 0.4) is 0 Å². The highest BCUT2D eigenvalue weighted by atomic mass is 19.4. The number of carbonyl (C=O) groups excluding carboxylic acids is 1. The molecule has 1 saturated heterocycles. The van der Waals surface area contributed by atoms with Gasteiger partial charge in [-0.15, -0.1) is 0 Å². The van der Waals surface area contributed by atoms with Gasteiger partial charge in [-0.25, -0.2) is 0 Å². The summed E-state index contributed by atoms with van der Waals surface area (Å²) in [6.45, 7) is 4.48. The SMILES string of the molecule is O=C(NCc1ccc(CN2CCOCC2)cc1)c1ccc(C(F)(F)F)nc1. The van der Waals surface area contributed by atoms with E-state index in [9.17, 15) is 18.0 Å². The van der Waals surface area contributed by atoms with Gasteiger partial charge in [0, 0.05) is 32.4 Å². The van der Waals surface area contributed by atoms with E-state index in [-0.39, 0.29) is 12.1 Å². The summed E-state index contributed by atoms with van der Waals surface area (Å²) in [6, 6.07) is 9.81. The largest absolute Gasteiger partial charge is 0.433 e. The molecule has 1 N–H and O–H groups in total. The van der Waals surface area contributed by atoms with E-state index in [2.05, 4.69) is 15.2 Å². The van der Waals surface area contributed by atoms with Gasteiger partial charge in [-0.05, 0) is 23.3 Å². The first kappa shape index (κ1) is 19.3. The molecule has 2 aromatic rings. The number of morpholine rings is 1. The Labute approximate surface area is 155 Å². The van der Waals surface area contributed by atoms with Crippen LogP contribution in [-0.2, 0) is 24.0 Å². The maximum atomic E-state index is 12.5. The topological polar surface area (TPSA) is 54.5 Å². The molecule has 0 atom stereocenters. The van der Waals surface area contributed by atoms with Crippen molar-refractivity contribution in [2.45, 2.75) is 19.3 Å². The van der Waals surface area contributed by atoms with Crippen molar-refractivity contribution in [3.05, 3.63) is 65.0 Å². The maximum Gasteiger partial charge on any atom is 0.433 e. The molecule has 1 fully saturated rings. The normalized spacial score (nSPS) is 15.5. The van der Waals surface area contributed by atoms with Crippen LogP contribution in [0.2, 0.25) is 0 Å². The lowest BCUT2D eigenvalue weighted by molar-refractivity contribution is -0.141. The number of aromatic nitrogens is 1. The van der Waals surface area contributed by atoms with Crippen LogP contribution in [0.1, 0.15) is 27.2 Å². The van der Waals surface area contributed by atoms with E-state index in [1.807, 2.05) is 24.3 Å². The molecule has 5 nitrogen and oxygen atoms in total. The average molecular weight is 379 g/mol. The summed E-state index contributed by atoms with van der Waals surface area (Å²) in [5.74, 6) is -0.464. The Morgan fingerprint density at radius 2 is 1.74 bits per heavy atom. The summed E-state index contributed by atoms with van der Waals surface area (Å²) < 4.78 is 42.8. The Morgan fingerprint density at radius 1 is 1.07 bits per heavy atom. The molecule has 0 unspecified atom stereocenters. The maximum absolute atomic E-state index is 12.5. The van der Waals surface area contributed by atoms with Gasteiger partial charge in [0.15, 0.2) is 0 Å². The molecule has 8 heteroatoms. The zero-order chi connectivity index (χ0) is 19.3. The number of pyridine rings is 1. The number of alkyl halides is 3. The molecule has 0 saturated carbocycles. The van der Waals surface area contributed by atoms with E-state index in [1.54, 1.807) is 0 Å². The van der Waals surface area contributed by atoms with Gasteiger partial charge < -0.3 is 10.1 Å². The highest BCUT2D eigenvalue weighted by Crippen LogP contribution is 2.27. The van der Waals surface area contributed by atoms with Crippen molar-refractivity contribution in [2.24, 2.45) is 0 Å². The fourth-order valence-corrected chi connectivity index (χ4v) is 2.76. The Hall–Kier alpha value is -2.45. The highest BCUT2D eigenvalue weighted by Gasteiger charge is 2.32. The van der Waals surface area contributed by atoms with Gasteiger partial charge in [-0.3, -0.25) is 14.7 Å². The standard InChI is InChI=1S/C19H20F3N3O2/c20-19(21,22)17-6-5-16(12-23-17)18(26)24-11-14-1-3-15(4-2-14)13-25-7-9-27-10-8-25/h1-6,12H,7-11,13H2,(H,24,26). The summed E-state index contributed by atoms with van der Waals surface area (Å²) in [5, 5.41) is 2.69. The molecule has 1 aromatic carbocycles. The number of nitrogens with zero attached hydrogens (tertiary/aromatic N) is 2. The predicted molar refractivity (Wildman–Crippen MR) is 92.9 cm³/mol. The van der Waals surface area contributed by atoms with Gasteiger partial charge in [-0.1, -0.05) is 24.3 Å². The van der Waals surface area contributed by atoms with Crippen LogP contribution in [0, 0.1) is 0 Å². The van der Waals surface area contributed by atoms with E-state index in [0.717, 1.165) is 56.7 Å². The van der Waals surface area contributed by atoms with Gasteiger partial charge in [-0.2, -0.15) is 13.2 Å². The van der Waals surface area contributed by atoms with Crippen molar-refractivity contribution in [2.75, 3.05) is 26.3 Å². The van der Waals surface area contributed by atoms with Crippen LogP contribution in [0.4, 0.5) is 13.2 Å². The molecule has 0 aliphatic carbocycles. The number of carbonyl (C=O) groups is 1. The smallest absolute Gasteiger partial charge is 0.379 e. The third-order valence-electron chi connectivity index (χ3n) is 4.30. The first-order chi connectivity index (χ1) is 12.9. The Morgan fingerprint density at radius 3 is 2.33 bits per heavy atom. The highest BCUT2D eigenvalue weighted by molar-refractivity contribution is 5.93. The van der Waals surface area contributed by atoms with Crippen molar-refractivity contribution in [3.8, 4) is 0 Å². The molecular weight excluding hydrogens is 359 g/mol. The summed E-state index contributed by atoms with van der Waals surface area (Å²) in [7, 11) is 0. The monoisotopic (exact) mass is 379 g/mol. The van der Waals surface area contributed by atoms with E-state index >= 15 is 0 Å². The molecule has 144 valence electrons. The lowest BCUT2D eigenvalue weighted by atomic mass is 10.1. The third-order valence-corrected chi connectivity index (χ3v) is 4.30. The molecular formula is C19H20F3N3O2. The van der Waals surface area contributed by atoms with Crippen molar-refractivity contribution in [1.29, 1.82) is 0 Å². The lowest BCUT2D eigenvalue weighted by Crippen LogP contribution is -2.35. The number of ether oxygens (including phenoxy) is 1. The van der Waals surface area contributed by atoms with Crippen molar-refractivity contribution in [1.82, 2.24) is 15.2 Å². The van der Waals surface area contributed by atoms with Gasteiger partial charge in [0.1, 0.15) is 5.69 Å². The fourth-order valence-electron chi connectivity index (χ4n) is 2.76. The molecule has 2 heterocycles. The van der Waals surface area contributed by atoms with Gasteiger partial charge in [0.25, 0.3) is 5.91 Å². The first-order valence-corrected chi connectivity index (χ1v) is 8.61. The van der Waals surface area contributed by atoms with E-state index in [1.165, 1.54) is 5.56 Å². The number of benzene rings is 1. The zero-order valence-corrected chi connectivity index (χ0v) is 14.6. The molecule has 0 radical (unpaired) electrons. The summed E-state index contributed by atoms with van der Waals surface area (Å²) in [4.78, 5) is 17.7. The van der Waals surface area contributed by atoms with Crippen molar-refractivity contribution in [3.63, 3.8) is 0 Å². The molecule has 1 aliphatic heterocycles. The third kappa shape index (κ3) is 5.51. The molecule has 27 heavy (non-hydrogen) atoms. The van der Waals surface area contributed by atoms with Gasteiger partial charge in [0.2, 0.25) is 0 Å². The first-order valence-electron chi connectivity index (χ1n) is 8.61. The Kier molecular flexibility index (Phi) is 6.08. The van der Waals surface area contributed by atoms with Crippen molar-refractivity contribution >= 4 is 5.91 Å². The van der Waals surface area contributed by atoms with Crippen LogP contribution in [0.5, 0.6) is 0 Å². The minimum absolute atomic E-state index is 0.0898. The summed E-state index contributed by atoms with van der Waals surface area (Å²) >= 11 is 0. The Balaban J connectivity index is 1.51. The van der Waals surface area contributed by atoms with Crippen LogP contribution in [0.25, 0.3) is 0 Å². The Bertz CT molecular complexity index is 755. The van der Waals surface area contributed by atoms with Gasteiger partial charge in [0.05, 0.1) is 18.8 Å². The zero-order valence-electron chi connectivity index (χ0n) is 14.6. The van der Waals surface area contributed by atoms with Crippen LogP contribution >= 0.6 is 0 Å². The molecule has 1 aromatic heterocycles. The van der Waals surface area contributed by atoms with Crippen LogP contribution in [-0.4, -0.2) is 42.1 Å². The van der Waals surface area contributed by atoms with Crippen LogP contribution < -0.4 is 5.32 Å². The second-order valence-corrected chi connectivity index (χ2v) is 6.32. The quantitative estimate of drug-likeness (QED) is 0.868. The van der Waals surface area contributed by atoms with E-state index in [0.29, 0.717) is 0 Å². The molecule has 1 aliphatic rings. The second-order valence-electron chi connectivity index (χ2n) is 6.32. The number of hydrogen-bond donors (Lipinski definition) is 1. The number of rotatable bonds is 5. The molecule has 0 bridgehead atoms. The molecule has 0 spiro atoms. The van der Waals surface area contributed by atoms with E-state index < -0.39 is 17.8 Å². The number of amides is 1. The fraction of sp³-hybridized carbons (Fsp3) is 0.368. The number of nitrogens with one attached hydrogen (secondary N) is 1. The summed E-state index contributed by atoms with van der Waals surface area (Å²) in [5.41, 5.74) is 1.16. The van der Waals surface area contributed by atoms with E-state index in [4.69, 9.17) is 4.74 Å². The van der Waals surface area contributed by atoms with Gasteiger partial charge >= 0.3 is 6.18 Å². The number of hydrogen-bond acceptors (Lipinski definition) is 4. The van der Waals surface area contributed by atoms with Crippen molar-refractivity contribution < 1.29 is 22.7 Å². The number of halogens is 3. The molecule has 1 amide bonds. The predicted octanol–water partition coefficient (Wildman–Crippen LogP) is 2.86. The van der Waals surface area contributed by atoms with Crippen LogP contribution in [0.15, 0.2) is 42.6 Å². The average Bonchev–Trinajstić information content (AvgIpc) is 2.67. The minimum atomic E-state index is -4.52. The second kappa shape index (κ2) is 8.49. The minimum Gasteiger partial charge on any atom is -0.379 e.